The van der Waals surface area contributed by atoms with E-state index in [0.717, 1.165) is 0 Å². The highest BCUT2D eigenvalue weighted by atomic mass is 31.1. The van der Waals surface area contributed by atoms with E-state index < -0.39 is 7.92 Å². The SMILES string of the molecule is CC(N(OCCO)OCCO)P(c1ccccc1)c1ccccc1. The van der Waals surface area contributed by atoms with Crippen LogP contribution < -0.4 is 10.6 Å². The van der Waals surface area contributed by atoms with Gasteiger partial charge >= 0.3 is 0 Å². The third-order valence-electron chi connectivity index (χ3n) is 3.37. The molecule has 6 heteroatoms. The minimum atomic E-state index is -0.772. The van der Waals surface area contributed by atoms with Crippen LogP contribution in [0.1, 0.15) is 6.92 Å². The number of nitrogens with zero attached hydrogens (tertiary/aromatic N) is 1. The van der Waals surface area contributed by atoms with Gasteiger partial charge in [-0.3, -0.25) is 9.68 Å². The maximum Gasteiger partial charge on any atom is 0.0943 e. The Morgan fingerprint density at radius 2 is 1.25 bits per heavy atom. The lowest BCUT2D eigenvalue weighted by Gasteiger charge is -2.33. The van der Waals surface area contributed by atoms with Gasteiger partial charge in [-0.2, -0.15) is 0 Å². The zero-order chi connectivity index (χ0) is 17.2. The Hall–Kier alpha value is -1.33. The van der Waals surface area contributed by atoms with Crippen LogP contribution in [0.4, 0.5) is 0 Å². The number of aliphatic hydroxyl groups excluding tert-OH is 2. The van der Waals surface area contributed by atoms with Crippen LogP contribution in [0, 0.1) is 0 Å². The van der Waals surface area contributed by atoms with Crippen LogP contribution in [0.2, 0.25) is 0 Å². The summed E-state index contributed by atoms with van der Waals surface area (Å²) in [7, 11) is -0.772. The van der Waals surface area contributed by atoms with Crippen molar-refractivity contribution in [1.29, 1.82) is 0 Å². The molecule has 0 aromatic heterocycles. The van der Waals surface area contributed by atoms with Crippen LogP contribution in [-0.2, 0) is 9.68 Å². The Kier molecular flexibility index (Phi) is 8.33. The second kappa shape index (κ2) is 10.5. The summed E-state index contributed by atoms with van der Waals surface area (Å²) in [4.78, 5) is 11.1. The molecule has 0 saturated carbocycles. The van der Waals surface area contributed by atoms with E-state index >= 15 is 0 Å². The van der Waals surface area contributed by atoms with Crippen LogP contribution in [0.15, 0.2) is 60.7 Å². The molecule has 0 bridgehead atoms. The fourth-order valence-corrected chi connectivity index (χ4v) is 4.84. The molecule has 2 N–H and O–H groups in total. The number of hydrogen-bond acceptors (Lipinski definition) is 5. The van der Waals surface area contributed by atoms with E-state index in [1.807, 2.05) is 43.3 Å². The highest BCUT2D eigenvalue weighted by Gasteiger charge is 2.28. The molecule has 0 aliphatic carbocycles. The zero-order valence-corrected chi connectivity index (χ0v) is 14.7. The Labute approximate surface area is 144 Å². The van der Waals surface area contributed by atoms with Gasteiger partial charge in [0.25, 0.3) is 0 Å². The van der Waals surface area contributed by atoms with Crippen molar-refractivity contribution < 1.29 is 19.9 Å². The van der Waals surface area contributed by atoms with E-state index in [2.05, 4.69) is 24.3 Å². The smallest absolute Gasteiger partial charge is 0.0943 e. The van der Waals surface area contributed by atoms with Gasteiger partial charge in [0.1, 0.15) is 0 Å². The van der Waals surface area contributed by atoms with Crippen molar-refractivity contribution in [2.45, 2.75) is 12.7 Å². The average molecular weight is 349 g/mol. The predicted octanol–water partition coefficient (Wildman–Crippen LogP) is 1.62. The zero-order valence-electron chi connectivity index (χ0n) is 13.8. The lowest BCUT2D eigenvalue weighted by atomic mass is 10.4. The van der Waals surface area contributed by atoms with Crippen LogP contribution in [-0.4, -0.2) is 47.7 Å². The largest absolute Gasteiger partial charge is 0.394 e. The first-order valence-electron chi connectivity index (χ1n) is 7.94. The standard InChI is InChI=1S/C18H24NO4P/c1-16(19(22-14-12-20)23-15-13-21)24(17-8-4-2-5-9-17)18-10-6-3-7-11-18/h2-11,16,20-21H,12-15H2,1H3. The normalized spacial score (nSPS) is 12.7. The van der Waals surface area contributed by atoms with Crippen molar-refractivity contribution in [3.63, 3.8) is 0 Å². The molecule has 0 amide bonds. The maximum atomic E-state index is 9.04. The van der Waals surface area contributed by atoms with E-state index in [4.69, 9.17) is 19.9 Å². The minimum Gasteiger partial charge on any atom is -0.394 e. The molecule has 0 heterocycles. The Morgan fingerprint density at radius 1 is 0.833 bits per heavy atom. The molecule has 0 fully saturated rings. The summed E-state index contributed by atoms with van der Waals surface area (Å²) in [5, 5.41) is 21.9. The molecule has 0 radical (unpaired) electrons. The molecular weight excluding hydrogens is 325 g/mol. The van der Waals surface area contributed by atoms with Gasteiger partial charge in [-0.15, -0.1) is 0 Å². The van der Waals surface area contributed by atoms with Crippen LogP contribution in [0.5, 0.6) is 0 Å². The van der Waals surface area contributed by atoms with Crippen molar-refractivity contribution in [1.82, 2.24) is 5.23 Å². The maximum absolute atomic E-state index is 9.04. The highest BCUT2D eigenvalue weighted by molar-refractivity contribution is 7.73. The minimum absolute atomic E-state index is 0.0945. The van der Waals surface area contributed by atoms with Gasteiger partial charge in [-0.1, -0.05) is 65.9 Å². The van der Waals surface area contributed by atoms with Gasteiger partial charge < -0.3 is 10.2 Å². The number of hydrogen-bond donors (Lipinski definition) is 2. The molecule has 2 aromatic carbocycles. The van der Waals surface area contributed by atoms with Crippen LogP contribution in [0.3, 0.4) is 0 Å². The second-order valence-electron chi connectivity index (χ2n) is 5.07. The van der Waals surface area contributed by atoms with Gasteiger partial charge in [0, 0.05) is 0 Å². The van der Waals surface area contributed by atoms with Crippen molar-refractivity contribution >= 4 is 18.5 Å². The molecule has 1 unspecified atom stereocenters. The van der Waals surface area contributed by atoms with Gasteiger partial charge in [0.15, 0.2) is 0 Å². The van der Waals surface area contributed by atoms with E-state index in [9.17, 15) is 0 Å². The molecule has 2 aromatic rings. The third kappa shape index (κ3) is 5.35. The van der Waals surface area contributed by atoms with E-state index in [0.29, 0.717) is 0 Å². The third-order valence-corrected chi connectivity index (χ3v) is 6.01. The molecule has 0 aliphatic rings. The van der Waals surface area contributed by atoms with E-state index in [1.54, 1.807) is 0 Å². The first-order valence-corrected chi connectivity index (χ1v) is 9.35. The van der Waals surface area contributed by atoms with E-state index in [-0.39, 0.29) is 32.2 Å². The van der Waals surface area contributed by atoms with Crippen molar-refractivity contribution in [3.05, 3.63) is 60.7 Å². The Balaban J connectivity index is 2.30. The van der Waals surface area contributed by atoms with Gasteiger partial charge in [0.05, 0.1) is 32.2 Å². The predicted molar refractivity (Wildman–Crippen MR) is 96.4 cm³/mol. The van der Waals surface area contributed by atoms with Crippen LogP contribution >= 0.6 is 7.92 Å². The molecule has 130 valence electrons. The summed E-state index contributed by atoms with van der Waals surface area (Å²) < 4.78 is 0. The second-order valence-corrected chi connectivity index (χ2v) is 7.59. The highest BCUT2D eigenvalue weighted by Crippen LogP contribution is 2.41. The lowest BCUT2D eigenvalue weighted by Crippen LogP contribution is -2.38. The van der Waals surface area contributed by atoms with Crippen molar-refractivity contribution in [3.8, 4) is 0 Å². The van der Waals surface area contributed by atoms with Gasteiger partial charge in [-0.25, -0.2) is 0 Å². The topological polar surface area (TPSA) is 62.2 Å². The molecular formula is C18H24NO4P. The van der Waals surface area contributed by atoms with Crippen LogP contribution in [0.25, 0.3) is 0 Å². The van der Waals surface area contributed by atoms with Gasteiger partial charge in [-0.05, 0) is 25.5 Å². The summed E-state index contributed by atoms with van der Waals surface area (Å²) in [6, 6.07) is 20.5. The molecule has 0 aliphatic heterocycles. The number of hydroxylamine groups is 2. The average Bonchev–Trinajstić information content (AvgIpc) is 2.64. The lowest BCUT2D eigenvalue weighted by molar-refractivity contribution is -0.376. The summed E-state index contributed by atoms with van der Waals surface area (Å²) in [6.07, 6.45) is 0. The molecule has 24 heavy (non-hydrogen) atoms. The monoisotopic (exact) mass is 349 g/mol. The van der Waals surface area contributed by atoms with Crippen molar-refractivity contribution in [2.75, 3.05) is 26.4 Å². The fourth-order valence-electron chi connectivity index (χ4n) is 2.37. The molecule has 0 spiro atoms. The summed E-state index contributed by atoms with van der Waals surface area (Å²) >= 11 is 0. The Bertz CT molecular complexity index is 522. The Morgan fingerprint density at radius 3 is 1.62 bits per heavy atom. The van der Waals surface area contributed by atoms with Crippen molar-refractivity contribution in [2.24, 2.45) is 0 Å². The first-order chi connectivity index (χ1) is 11.8. The summed E-state index contributed by atoms with van der Waals surface area (Å²) in [5.74, 6) is -0.0945. The molecule has 5 nitrogen and oxygen atoms in total. The molecule has 2 rings (SSSR count). The molecule has 1 atom stereocenters. The number of rotatable bonds is 10. The summed E-state index contributed by atoms with van der Waals surface area (Å²) in [5.41, 5.74) is 0. The number of aliphatic hydroxyl groups is 2. The number of benzene rings is 2. The fraction of sp³-hybridized carbons (Fsp3) is 0.333. The van der Waals surface area contributed by atoms with Gasteiger partial charge in [0.2, 0.25) is 0 Å². The summed E-state index contributed by atoms with van der Waals surface area (Å²) in [6.45, 7) is 2.12. The van der Waals surface area contributed by atoms with E-state index in [1.165, 1.54) is 15.8 Å². The first kappa shape index (κ1) is 19.0. The molecule has 0 saturated heterocycles. The quantitative estimate of drug-likeness (QED) is 0.504.